The molecule has 1 aromatic carbocycles. The van der Waals surface area contributed by atoms with Gasteiger partial charge in [0, 0.05) is 5.92 Å². The average molecular weight is 239 g/mol. The predicted molar refractivity (Wildman–Crippen MR) is 63.2 cm³/mol. The monoisotopic (exact) mass is 239 g/mol. The second-order valence-electron chi connectivity index (χ2n) is 3.70. The first kappa shape index (κ1) is 13.2. The smallest absolute Gasteiger partial charge is 0.404 e. The Labute approximate surface area is 100 Å². The van der Waals surface area contributed by atoms with E-state index in [2.05, 4.69) is 4.74 Å². The molecule has 2 N–H and O–H groups in total. The number of rotatable bonds is 6. The van der Waals surface area contributed by atoms with Crippen molar-refractivity contribution < 1.29 is 19.0 Å². The van der Waals surface area contributed by atoms with E-state index in [-0.39, 0.29) is 12.5 Å². The summed E-state index contributed by atoms with van der Waals surface area (Å²) in [5, 5.41) is 0. The van der Waals surface area contributed by atoms with Crippen LogP contribution in [0.4, 0.5) is 4.79 Å². The third-order valence-corrected chi connectivity index (χ3v) is 2.10. The van der Waals surface area contributed by atoms with E-state index in [0.29, 0.717) is 18.1 Å². The highest BCUT2D eigenvalue weighted by Crippen LogP contribution is 2.26. The molecule has 1 aromatic rings. The number of para-hydroxylation sites is 2. The molecule has 0 spiro atoms. The lowest BCUT2D eigenvalue weighted by Crippen LogP contribution is -2.21. The van der Waals surface area contributed by atoms with Crippen molar-refractivity contribution in [3.63, 3.8) is 0 Å². The standard InChI is InChI=1S/C12H17NO4/c1-9(8-17-12(13)14)7-16-11-6-4-3-5-10(11)15-2/h3-6,9H,7-8H2,1-2H3,(H2,13,14)/t9-/m0/s1. The number of nitrogens with two attached hydrogens (primary N) is 1. The normalized spacial score (nSPS) is 11.6. The fourth-order valence-corrected chi connectivity index (χ4v) is 1.24. The van der Waals surface area contributed by atoms with Crippen molar-refractivity contribution in [1.82, 2.24) is 0 Å². The third-order valence-electron chi connectivity index (χ3n) is 2.10. The molecule has 0 aliphatic heterocycles. The Bertz CT molecular complexity index is 367. The van der Waals surface area contributed by atoms with Crippen LogP contribution in [0.1, 0.15) is 6.92 Å². The number of ether oxygens (including phenoxy) is 3. The summed E-state index contributed by atoms with van der Waals surface area (Å²) in [5.74, 6) is 1.41. The Kier molecular flexibility index (Phi) is 5.13. The number of hydrogen-bond acceptors (Lipinski definition) is 4. The zero-order valence-corrected chi connectivity index (χ0v) is 10.0. The Morgan fingerprint density at radius 2 is 1.94 bits per heavy atom. The van der Waals surface area contributed by atoms with Gasteiger partial charge in [-0.15, -0.1) is 0 Å². The van der Waals surface area contributed by atoms with E-state index < -0.39 is 6.09 Å². The van der Waals surface area contributed by atoms with E-state index in [1.165, 1.54) is 0 Å². The van der Waals surface area contributed by atoms with Gasteiger partial charge in [0.15, 0.2) is 11.5 Å². The quantitative estimate of drug-likeness (QED) is 0.821. The lowest BCUT2D eigenvalue weighted by Gasteiger charge is -2.14. The summed E-state index contributed by atoms with van der Waals surface area (Å²) in [7, 11) is 1.59. The molecule has 0 unspecified atom stereocenters. The van der Waals surface area contributed by atoms with Gasteiger partial charge in [0.2, 0.25) is 0 Å². The minimum absolute atomic E-state index is 0.0624. The van der Waals surface area contributed by atoms with E-state index in [4.69, 9.17) is 15.2 Å². The molecule has 0 saturated heterocycles. The highest BCUT2D eigenvalue weighted by atomic mass is 16.5. The van der Waals surface area contributed by atoms with Crippen LogP contribution >= 0.6 is 0 Å². The summed E-state index contributed by atoms with van der Waals surface area (Å²) in [6.07, 6.45) is -0.769. The van der Waals surface area contributed by atoms with Gasteiger partial charge in [0.1, 0.15) is 0 Å². The van der Waals surface area contributed by atoms with Crippen molar-refractivity contribution in [1.29, 1.82) is 0 Å². The van der Waals surface area contributed by atoms with Gasteiger partial charge in [-0.2, -0.15) is 0 Å². The maximum atomic E-state index is 10.4. The lowest BCUT2D eigenvalue weighted by molar-refractivity contribution is 0.121. The van der Waals surface area contributed by atoms with Crippen LogP contribution in [-0.4, -0.2) is 26.4 Å². The van der Waals surface area contributed by atoms with E-state index in [1.807, 2.05) is 31.2 Å². The number of methoxy groups -OCH3 is 1. The number of carbonyl (C=O) groups is 1. The number of benzene rings is 1. The maximum absolute atomic E-state index is 10.4. The molecule has 1 atom stereocenters. The van der Waals surface area contributed by atoms with Gasteiger partial charge in [0.25, 0.3) is 0 Å². The first-order valence-electron chi connectivity index (χ1n) is 5.31. The highest BCUT2D eigenvalue weighted by Gasteiger charge is 2.08. The average Bonchev–Trinajstić information content (AvgIpc) is 2.34. The molecule has 0 bridgehead atoms. The van der Waals surface area contributed by atoms with Crippen LogP contribution in [0.25, 0.3) is 0 Å². The van der Waals surface area contributed by atoms with Gasteiger partial charge in [0.05, 0.1) is 20.3 Å². The van der Waals surface area contributed by atoms with Crippen molar-refractivity contribution >= 4 is 6.09 Å². The van der Waals surface area contributed by atoms with E-state index in [9.17, 15) is 4.79 Å². The molecule has 5 nitrogen and oxygen atoms in total. The van der Waals surface area contributed by atoms with Crippen LogP contribution < -0.4 is 15.2 Å². The molecule has 1 rings (SSSR count). The molecule has 94 valence electrons. The molecule has 5 heteroatoms. The van der Waals surface area contributed by atoms with Crippen LogP contribution in [0.15, 0.2) is 24.3 Å². The van der Waals surface area contributed by atoms with Crippen molar-refractivity contribution in [2.24, 2.45) is 11.7 Å². The third kappa shape index (κ3) is 4.63. The van der Waals surface area contributed by atoms with Crippen LogP contribution in [0.2, 0.25) is 0 Å². The van der Waals surface area contributed by atoms with Crippen LogP contribution in [-0.2, 0) is 4.74 Å². The van der Waals surface area contributed by atoms with Crippen LogP contribution in [0, 0.1) is 5.92 Å². The van der Waals surface area contributed by atoms with Crippen molar-refractivity contribution in [2.75, 3.05) is 20.3 Å². The molecular formula is C12H17NO4. The van der Waals surface area contributed by atoms with Gasteiger partial charge in [-0.25, -0.2) is 4.79 Å². The van der Waals surface area contributed by atoms with Crippen LogP contribution in [0.5, 0.6) is 11.5 Å². The Morgan fingerprint density at radius 3 is 2.53 bits per heavy atom. The maximum Gasteiger partial charge on any atom is 0.404 e. The van der Waals surface area contributed by atoms with Gasteiger partial charge in [-0.1, -0.05) is 19.1 Å². The Morgan fingerprint density at radius 1 is 1.29 bits per heavy atom. The minimum Gasteiger partial charge on any atom is -0.493 e. The first-order chi connectivity index (χ1) is 8.13. The van der Waals surface area contributed by atoms with Gasteiger partial charge in [-0.3, -0.25) is 0 Å². The summed E-state index contributed by atoms with van der Waals surface area (Å²) in [6, 6.07) is 7.37. The SMILES string of the molecule is COc1ccccc1OC[C@H](C)COC(N)=O. The van der Waals surface area contributed by atoms with Crippen molar-refractivity contribution in [2.45, 2.75) is 6.92 Å². The number of amides is 1. The fraction of sp³-hybridized carbons (Fsp3) is 0.417. The van der Waals surface area contributed by atoms with Gasteiger partial charge < -0.3 is 19.9 Å². The van der Waals surface area contributed by atoms with E-state index >= 15 is 0 Å². The summed E-state index contributed by atoms with van der Waals surface area (Å²) >= 11 is 0. The molecule has 0 aliphatic carbocycles. The topological polar surface area (TPSA) is 70.8 Å². The Balaban J connectivity index is 2.41. The van der Waals surface area contributed by atoms with Crippen molar-refractivity contribution in [3.8, 4) is 11.5 Å². The molecular weight excluding hydrogens is 222 g/mol. The molecule has 17 heavy (non-hydrogen) atoms. The van der Waals surface area contributed by atoms with Gasteiger partial charge >= 0.3 is 6.09 Å². The second-order valence-corrected chi connectivity index (χ2v) is 3.70. The second kappa shape index (κ2) is 6.62. The predicted octanol–water partition coefficient (Wildman–Crippen LogP) is 1.81. The summed E-state index contributed by atoms with van der Waals surface area (Å²) in [4.78, 5) is 10.4. The Hall–Kier alpha value is -1.91. The largest absolute Gasteiger partial charge is 0.493 e. The van der Waals surface area contributed by atoms with Crippen LogP contribution in [0.3, 0.4) is 0 Å². The van der Waals surface area contributed by atoms with Crippen molar-refractivity contribution in [3.05, 3.63) is 24.3 Å². The highest BCUT2D eigenvalue weighted by molar-refractivity contribution is 5.64. The molecule has 0 radical (unpaired) electrons. The lowest BCUT2D eigenvalue weighted by atomic mass is 10.2. The summed E-state index contributed by atoms with van der Waals surface area (Å²) in [5.41, 5.74) is 4.87. The fourth-order valence-electron chi connectivity index (χ4n) is 1.24. The first-order valence-corrected chi connectivity index (χ1v) is 5.31. The molecule has 0 saturated carbocycles. The zero-order chi connectivity index (χ0) is 12.7. The summed E-state index contributed by atoms with van der Waals surface area (Å²) in [6.45, 7) is 2.57. The molecule has 0 aliphatic rings. The van der Waals surface area contributed by atoms with E-state index in [0.717, 1.165) is 0 Å². The minimum atomic E-state index is -0.769. The molecule has 0 heterocycles. The van der Waals surface area contributed by atoms with Gasteiger partial charge in [-0.05, 0) is 12.1 Å². The molecule has 0 aromatic heterocycles. The zero-order valence-electron chi connectivity index (χ0n) is 10.0. The number of carbonyl (C=O) groups excluding carboxylic acids is 1. The summed E-state index contributed by atoms with van der Waals surface area (Å²) < 4.78 is 15.4. The molecule has 1 amide bonds. The molecule has 0 fully saturated rings. The van der Waals surface area contributed by atoms with E-state index in [1.54, 1.807) is 7.11 Å². The number of hydrogen-bond donors (Lipinski definition) is 1. The number of primary amides is 1.